The Bertz CT molecular complexity index is 207. The largest absolute Gasteiger partial charge is 0.396 e. The van der Waals surface area contributed by atoms with E-state index in [0.717, 1.165) is 18.8 Å². The lowest BCUT2D eigenvalue weighted by Gasteiger charge is -2.25. The van der Waals surface area contributed by atoms with Gasteiger partial charge in [-0.05, 0) is 12.5 Å². The molecular formula is C9H18O5Si. The first-order valence-electron chi connectivity index (χ1n) is 5.04. The van der Waals surface area contributed by atoms with Gasteiger partial charge in [0.15, 0.2) is 0 Å². The highest BCUT2D eigenvalue weighted by molar-refractivity contribution is 6.69. The van der Waals surface area contributed by atoms with Crippen LogP contribution in [0.2, 0.25) is 6.04 Å². The summed E-state index contributed by atoms with van der Waals surface area (Å²) in [6, 6.07) is 0.722. The summed E-state index contributed by atoms with van der Waals surface area (Å²) in [4.78, 5) is 10.2. The summed E-state index contributed by atoms with van der Waals surface area (Å²) in [5.41, 5.74) is -0.0934. The molecule has 88 valence electrons. The maximum absolute atomic E-state index is 10.2. The number of rotatable bonds is 8. The second-order valence-corrected chi connectivity index (χ2v) is 7.07. The molecule has 0 aliphatic carbocycles. The molecule has 0 radical (unpaired) electrons. The van der Waals surface area contributed by atoms with E-state index < -0.39 is 8.56 Å². The van der Waals surface area contributed by atoms with Crippen LogP contribution in [0.5, 0.6) is 0 Å². The number of aliphatic hydroxyl groups is 1. The van der Waals surface area contributed by atoms with Crippen molar-refractivity contribution in [3.8, 4) is 0 Å². The van der Waals surface area contributed by atoms with E-state index in [9.17, 15) is 4.79 Å². The fourth-order valence-corrected chi connectivity index (χ4v) is 4.84. The summed E-state index contributed by atoms with van der Waals surface area (Å²) >= 11 is 0. The Balaban J connectivity index is 2.50. The number of hydrogen-bond acceptors (Lipinski definition) is 5. The van der Waals surface area contributed by atoms with Gasteiger partial charge in [-0.3, -0.25) is 0 Å². The predicted molar refractivity (Wildman–Crippen MR) is 55.6 cm³/mol. The topological polar surface area (TPSA) is 68.3 Å². The van der Waals surface area contributed by atoms with E-state index in [1.54, 1.807) is 14.2 Å². The molecule has 0 amide bonds. The number of aliphatic hydroxyl groups excluding tert-OH is 1. The van der Waals surface area contributed by atoms with Gasteiger partial charge >= 0.3 is 8.56 Å². The Morgan fingerprint density at radius 1 is 1.47 bits per heavy atom. The number of epoxide rings is 1. The van der Waals surface area contributed by atoms with E-state index in [2.05, 4.69) is 0 Å². The lowest BCUT2D eigenvalue weighted by molar-refractivity contribution is -0.107. The van der Waals surface area contributed by atoms with Crippen molar-refractivity contribution in [1.82, 2.24) is 0 Å². The normalized spacial score (nSPS) is 25.3. The molecule has 0 aromatic rings. The average Bonchev–Trinajstić information content (AvgIpc) is 3.05. The fraction of sp³-hybridized carbons (Fsp3) is 0.889. The molecule has 0 aromatic carbocycles. The summed E-state index contributed by atoms with van der Waals surface area (Å²) < 4.78 is 16.2. The van der Waals surface area contributed by atoms with Gasteiger partial charge in [-0.15, -0.1) is 0 Å². The summed E-state index contributed by atoms with van der Waals surface area (Å²) in [7, 11) is 0.836. The van der Waals surface area contributed by atoms with Crippen molar-refractivity contribution in [2.24, 2.45) is 0 Å². The second-order valence-electron chi connectivity index (χ2n) is 3.56. The van der Waals surface area contributed by atoms with Gasteiger partial charge in [0, 0.05) is 20.6 Å². The Morgan fingerprint density at radius 2 is 2.13 bits per heavy atom. The van der Waals surface area contributed by atoms with Gasteiger partial charge in [-0.1, -0.05) is 0 Å². The lowest BCUT2D eigenvalue weighted by atomic mass is 10.4. The first kappa shape index (κ1) is 12.8. The van der Waals surface area contributed by atoms with Gasteiger partial charge in [-0.2, -0.15) is 0 Å². The molecular weight excluding hydrogens is 216 g/mol. The van der Waals surface area contributed by atoms with Gasteiger partial charge in [0.05, 0.1) is 6.61 Å². The number of ether oxygens (including phenoxy) is 1. The summed E-state index contributed by atoms with van der Waals surface area (Å²) in [5, 5.41) is 8.93. The van der Waals surface area contributed by atoms with Crippen molar-refractivity contribution < 1.29 is 23.5 Å². The second kappa shape index (κ2) is 5.71. The zero-order chi connectivity index (χ0) is 11.3. The van der Waals surface area contributed by atoms with Crippen LogP contribution >= 0.6 is 0 Å². The minimum atomic E-state index is -2.37. The highest BCUT2D eigenvalue weighted by Crippen LogP contribution is 2.35. The van der Waals surface area contributed by atoms with Crippen molar-refractivity contribution in [2.45, 2.75) is 30.7 Å². The molecule has 2 atom stereocenters. The van der Waals surface area contributed by atoms with Crippen LogP contribution in [0.25, 0.3) is 0 Å². The first-order valence-corrected chi connectivity index (χ1v) is 7.14. The van der Waals surface area contributed by atoms with Gasteiger partial charge in [0.25, 0.3) is 0 Å². The molecule has 2 unspecified atom stereocenters. The zero-order valence-electron chi connectivity index (χ0n) is 9.14. The van der Waals surface area contributed by atoms with Crippen LogP contribution in [0.1, 0.15) is 12.8 Å². The SMILES string of the molecule is CO[Si](CCCC=O)(OC)C1OC1CO. The molecule has 5 nitrogen and oxygen atoms in total. The minimum Gasteiger partial charge on any atom is -0.396 e. The molecule has 6 heteroatoms. The fourth-order valence-electron chi connectivity index (χ4n) is 1.76. The molecule has 1 fully saturated rings. The Hall–Kier alpha value is -0.273. The smallest absolute Gasteiger partial charge is 0.370 e. The van der Waals surface area contributed by atoms with Crippen molar-refractivity contribution >= 4 is 14.8 Å². The van der Waals surface area contributed by atoms with Crippen LogP contribution in [-0.4, -0.2) is 52.6 Å². The molecule has 1 N–H and O–H groups in total. The maximum Gasteiger partial charge on any atom is 0.370 e. The molecule has 1 saturated heterocycles. The van der Waals surface area contributed by atoms with Crippen LogP contribution in [0.3, 0.4) is 0 Å². The quantitative estimate of drug-likeness (QED) is 0.277. The zero-order valence-corrected chi connectivity index (χ0v) is 10.1. The lowest BCUT2D eigenvalue weighted by Crippen LogP contribution is -2.47. The van der Waals surface area contributed by atoms with Crippen LogP contribution in [0, 0.1) is 0 Å². The third-order valence-corrected chi connectivity index (χ3v) is 6.54. The Labute approximate surface area is 90.6 Å². The van der Waals surface area contributed by atoms with Crippen LogP contribution in [0.4, 0.5) is 0 Å². The Kier molecular flexibility index (Phi) is 4.87. The summed E-state index contributed by atoms with van der Waals surface area (Å²) in [6.07, 6.45) is 2.00. The highest BCUT2D eigenvalue weighted by atomic mass is 28.4. The maximum atomic E-state index is 10.2. The molecule has 0 saturated carbocycles. The van der Waals surface area contributed by atoms with Crippen molar-refractivity contribution in [3.05, 3.63) is 0 Å². The van der Waals surface area contributed by atoms with E-state index >= 15 is 0 Å². The molecule has 15 heavy (non-hydrogen) atoms. The van der Waals surface area contributed by atoms with Crippen molar-refractivity contribution in [3.63, 3.8) is 0 Å². The molecule has 1 aliphatic heterocycles. The predicted octanol–water partition coefficient (Wildman–Crippen LogP) is -0.000600. The van der Waals surface area contributed by atoms with Gasteiger partial charge in [-0.25, -0.2) is 0 Å². The number of carbonyl (C=O) groups excluding carboxylic acids is 1. The third kappa shape index (κ3) is 2.85. The molecule has 0 bridgehead atoms. The van der Waals surface area contributed by atoms with E-state index in [1.165, 1.54) is 0 Å². The molecule has 0 spiro atoms. The van der Waals surface area contributed by atoms with Crippen LogP contribution in [-0.2, 0) is 18.4 Å². The summed E-state index contributed by atoms with van der Waals surface area (Å²) in [5.74, 6) is 0. The minimum absolute atomic E-state index is 0.000181. The molecule has 1 rings (SSSR count). The van der Waals surface area contributed by atoms with E-state index in [1.807, 2.05) is 0 Å². The standard InChI is InChI=1S/C9H18O5Si/c1-12-15(13-2,6-4-3-5-10)9-8(7-11)14-9/h5,8-9,11H,3-4,6-7H2,1-2H3. The number of carbonyl (C=O) groups is 1. The van der Waals surface area contributed by atoms with E-state index in [-0.39, 0.29) is 18.4 Å². The van der Waals surface area contributed by atoms with E-state index in [0.29, 0.717) is 6.42 Å². The number of hydrogen-bond donors (Lipinski definition) is 1. The third-order valence-electron chi connectivity index (χ3n) is 2.73. The first-order chi connectivity index (χ1) is 7.24. The molecule has 0 aromatic heterocycles. The molecule has 1 aliphatic rings. The number of unbranched alkanes of at least 4 members (excludes halogenated alkanes) is 1. The van der Waals surface area contributed by atoms with E-state index in [4.69, 9.17) is 18.7 Å². The summed E-state index contributed by atoms with van der Waals surface area (Å²) in [6.45, 7) is -0.000181. The highest BCUT2D eigenvalue weighted by Gasteiger charge is 2.59. The van der Waals surface area contributed by atoms with Crippen molar-refractivity contribution in [1.29, 1.82) is 0 Å². The van der Waals surface area contributed by atoms with Gasteiger partial charge in [0.1, 0.15) is 18.1 Å². The Morgan fingerprint density at radius 3 is 2.53 bits per heavy atom. The van der Waals surface area contributed by atoms with Crippen molar-refractivity contribution in [2.75, 3.05) is 20.8 Å². The van der Waals surface area contributed by atoms with Gasteiger partial charge in [0.2, 0.25) is 0 Å². The monoisotopic (exact) mass is 234 g/mol. The van der Waals surface area contributed by atoms with Crippen LogP contribution < -0.4 is 0 Å². The molecule has 1 heterocycles. The van der Waals surface area contributed by atoms with Crippen LogP contribution in [0.15, 0.2) is 0 Å². The van der Waals surface area contributed by atoms with Gasteiger partial charge < -0.3 is 23.5 Å². The average molecular weight is 234 g/mol. The number of aldehydes is 1.